The number of ketones is 1. The van der Waals surface area contributed by atoms with Gasteiger partial charge >= 0.3 is 0 Å². The van der Waals surface area contributed by atoms with Crippen molar-refractivity contribution in [3.63, 3.8) is 0 Å². The van der Waals surface area contributed by atoms with E-state index in [1.165, 1.54) is 0 Å². The van der Waals surface area contributed by atoms with Gasteiger partial charge in [-0.05, 0) is 61.0 Å². The zero-order valence-corrected chi connectivity index (χ0v) is 17.7. The van der Waals surface area contributed by atoms with Gasteiger partial charge in [0, 0.05) is 17.0 Å². The third-order valence-electron chi connectivity index (χ3n) is 4.75. The lowest BCUT2D eigenvalue weighted by Gasteiger charge is -2.18. The average molecular weight is 429 g/mol. The van der Waals surface area contributed by atoms with Gasteiger partial charge < -0.3 is 4.74 Å². The van der Waals surface area contributed by atoms with Crippen LogP contribution in [0.15, 0.2) is 77.7 Å². The van der Waals surface area contributed by atoms with Gasteiger partial charge in [-0.3, -0.25) is 4.79 Å². The van der Waals surface area contributed by atoms with Crippen LogP contribution < -0.4 is 4.74 Å². The number of Topliss-reactive ketones (excluding diaryl/α,β-unsaturated/α-hetero) is 1. The second-order valence-electron chi connectivity index (χ2n) is 6.75. The Kier molecular flexibility index (Phi) is 6.40. The van der Waals surface area contributed by atoms with E-state index in [4.69, 9.17) is 16.3 Å². The normalized spacial score (nSPS) is 12.4. The summed E-state index contributed by atoms with van der Waals surface area (Å²) in [4.78, 5) is 13.1. The maximum Gasteiger partial charge on any atom is 0.185 e. The number of carbonyl (C=O) groups excluding carboxylic acids is 1. The zero-order valence-electron chi connectivity index (χ0n) is 16.1. The highest BCUT2D eigenvalue weighted by Crippen LogP contribution is 2.34. The van der Waals surface area contributed by atoms with Crippen LogP contribution in [0.25, 0.3) is 0 Å². The number of carbonyl (C=O) groups is 1. The molecule has 0 radical (unpaired) electrons. The summed E-state index contributed by atoms with van der Waals surface area (Å²) in [5.41, 5.74) is 1.92. The molecule has 3 aromatic rings. The molecule has 0 unspecified atom stereocenters. The van der Waals surface area contributed by atoms with Crippen molar-refractivity contribution in [1.29, 1.82) is 0 Å². The number of aryl methyl sites for hydroxylation is 1. The summed E-state index contributed by atoms with van der Waals surface area (Å²) in [6.07, 6.45) is -0.176. The highest BCUT2D eigenvalue weighted by molar-refractivity contribution is 7.91. The molecule has 0 saturated carbocycles. The smallest absolute Gasteiger partial charge is 0.185 e. The third kappa shape index (κ3) is 4.86. The van der Waals surface area contributed by atoms with Gasteiger partial charge in [-0.15, -0.1) is 0 Å². The SMILES string of the molecule is COc1ccc(C(=O)C[C@H](c2ccc(Cl)cc2)S(=O)(=O)c2ccc(C)cc2)cc1. The molecule has 0 fully saturated rings. The average Bonchev–Trinajstić information content (AvgIpc) is 2.73. The standard InChI is InChI=1S/C23H21ClO4S/c1-16-3-13-21(14-4-16)29(26,27)23(18-5-9-19(24)10-6-18)15-22(25)17-7-11-20(28-2)12-8-17/h3-14,23H,15H2,1-2H3/t23-/m1/s1. The second-order valence-corrected chi connectivity index (χ2v) is 9.32. The fraction of sp³-hybridized carbons (Fsp3) is 0.174. The number of ether oxygens (including phenoxy) is 1. The van der Waals surface area contributed by atoms with Crippen molar-refractivity contribution in [3.8, 4) is 5.75 Å². The first-order valence-electron chi connectivity index (χ1n) is 9.04. The van der Waals surface area contributed by atoms with Crippen LogP contribution >= 0.6 is 11.6 Å². The number of hydrogen-bond donors (Lipinski definition) is 0. The first-order valence-corrected chi connectivity index (χ1v) is 11.0. The van der Waals surface area contributed by atoms with Crippen molar-refractivity contribution < 1.29 is 17.9 Å². The Morgan fingerprint density at radius 2 is 1.52 bits per heavy atom. The number of methoxy groups -OCH3 is 1. The number of hydrogen-bond acceptors (Lipinski definition) is 4. The van der Waals surface area contributed by atoms with E-state index in [1.807, 2.05) is 6.92 Å². The molecule has 29 heavy (non-hydrogen) atoms. The Morgan fingerprint density at radius 1 is 0.931 bits per heavy atom. The molecule has 0 aromatic heterocycles. The minimum absolute atomic E-state index is 0.176. The van der Waals surface area contributed by atoms with Crippen LogP contribution in [0.5, 0.6) is 5.75 Å². The molecule has 4 nitrogen and oxygen atoms in total. The molecule has 0 amide bonds. The summed E-state index contributed by atoms with van der Waals surface area (Å²) in [7, 11) is -2.25. The molecule has 3 rings (SSSR count). The summed E-state index contributed by atoms with van der Waals surface area (Å²) >= 11 is 5.97. The summed E-state index contributed by atoms with van der Waals surface area (Å²) in [6, 6.07) is 19.8. The van der Waals surface area contributed by atoms with Gasteiger partial charge in [-0.2, -0.15) is 0 Å². The molecule has 0 spiro atoms. The number of benzene rings is 3. The molecule has 0 saturated heterocycles. The first kappa shape index (κ1) is 21.1. The van der Waals surface area contributed by atoms with Crippen molar-refractivity contribution in [2.24, 2.45) is 0 Å². The Balaban J connectivity index is 1.99. The highest BCUT2D eigenvalue weighted by Gasteiger charge is 2.31. The largest absolute Gasteiger partial charge is 0.497 e. The van der Waals surface area contributed by atoms with E-state index in [-0.39, 0.29) is 17.1 Å². The van der Waals surface area contributed by atoms with Crippen molar-refractivity contribution in [3.05, 3.63) is 94.5 Å². The van der Waals surface area contributed by atoms with Crippen LogP contribution in [-0.4, -0.2) is 21.3 Å². The molecule has 1 atom stereocenters. The summed E-state index contributed by atoms with van der Waals surface area (Å²) < 4.78 is 31.9. The van der Waals surface area contributed by atoms with Crippen LogP contribution in [0.4, 0.5) is 0 Å². The number of halogens is 1. The fourth-order valence-electron chi connectivity index (χ4n) is 3.04. The van der Waals surface area contributed by atoms with E-state index >= 15 is 0 Å². The van der Waals surface area contributed by atoms with E-state index in [0.29, 0.717) is 21.9 Å². The van der Waals surface area contributed by atoms with Gasteiger partial charge in [0.25, 0.3) is 0 Å². The first-order chi connectivity index (χ1) is 13.8. The minimum atomic E-state index is -3.79. The molecule has 6 heteroatoms. The summed E-state index contributed by atoms with van der Waals surface area (Å²) in [5.74, 6) is 0.367. The lowest BCUT2D eigenvalue weighted by Crippen LogP contribution is -2.18. The molecule has 0 aliphatic rings. The lowest BCUT2D eigenvalue weighted by atomic mass is 10.0. The highest BCUT2D eigenvalue weighted by atomic mass is 35.5. The van der Waals surface area contributed by atoms with Crippen molar-refractivity contribution in [2.45, 2.75) is 23.5 Å². The molecule has 0 aliphatic carbocycles. The van der Waals surface area contributed by atoms with Gasteiger partial charge in [0.1, 0.15) is 5.75 Å². The molecular weight excluding hydrogens is 408 g/mol. The van der Waals surface area contributed by atoms with E-state index < -0.39 is 15.1 Å². The second kappa shape index (κ2) is 8.80. The molecule has 0 N–H and O–H groups in total. The van der Waals surface area contributed by atoms with E-state index in [0.717, 1.165) is 5.56 Å². The van der Waals surface area contributed by atoms with Gasteiger partial charge in [-0.25, -0.2) is 8.42 Å². The summed E-state index contributed by atoms with van der Waals surface area (Å²) in [5, 5.41) is -0.515. The number of sulfone groups is 1. The van der Waals surface area contributed by atoms with Crippen LogP contribution in [-0.2, 0) is 9.84 Å². The Hall–Kier alpha value is -2.63. The molecule has 150 valence electrons. The molecule has 0 bridgehead atoms. The maximum atomic E-state index is 13.4. The van der Waals surface area contributed by atoms with Crippen molar-refractivity contribution in [2.75, 3.05) is 7.11 Å². The van der Waals surface area contributed by atoms with E-state index in [9.17, 15) is 13.2 Å². The van der Waals surface area contributed by atoms with Gasteiger partial charge in [-0.1, -0.05) is 41.4 Å². The third-order valence-corrected chi connectivity index (χ3v) is 7.12. The van der Waals surface area contributed by atoms with E-state index in [1.54, 1.807) is 79.9 Å². The molecule has 0 heterocycles. The van der Waals surface area contributed by atoms with Gasteiger partial charge in [0.2, 0.25) is 0 Å². The van der Waals surface area contributed by atoms with Crippen molar-refractivity contribution >= 4 is 27.2 Å². The predicted molar refractivity (Wildman–Crippen MR) is 114 cm³/mol. The molecular formula is C23H21ClO4S. The van der Waals surface area contributed by atoms with E-state index in [2.05, 4.69) is 0 Å². The van der Waals surface area contributed by atoms with Crippen molar-refractivity contribution in [1.82, 2.24) is 0 Å². The Morgan fingerprint density at radius 3 is 2.07 bits per heavy atom. The monoisotopic (exact) mass is 428 g/mol. The molecule has 3 aromatic carbocycles. The zero-order chi connectivity index (χ0) is 21.0. The Labute approximate surface area is 176 Å². The van der Waals surface area contributed by atoms with Crippen LogP contribution in [0.2, 0.25) is 5.02 Å². The topological polar surface area (TPSA) is 60.4 Å². The van der Waals surface area contributed by atoms with Crippen LogP contribution in [0.3, 0.4) is 0 Å². The van der Waals surface area contributed by atoms with Crippen LogP contribution in [0, 0.1) is 6.92 Å². The number of rotatable bonds is 7. The molecule has 0 aliphatic heterocycles. The fourth-order valence-corrected chi connectivity index (χ4v) is 4.90. The van der Waals surface area contributed by atoms with Crippen LogP contribution in [0.1, 0.15) is 33.2 Å². The van der Waals surface area contributed by atoms with Gasteiger partial charge in [0.15, 0.2) is 15.6 Å². The van der Waals surface area contributed by atoms with Gasteiger partial charge in [0.05, 0.1) is 17.3 Å². The predicted octanol–water partition coefficient (Wildman–Crippen LogP) is 5.45. The quantitative estimate of drug-likeness (QED) is 0.470. The lowest BCUT2D eigenvalue weighted by molar-refractivity contribution is 0.0980. The maximum absolute atomic E-state index is 13.4. The summed E-state index contributed by atoms with van der Waals surface area (Å²) in [6.45, 7) is 1.89. The Bertz CT molecular complexity index is 1090. The minimum Gasteiger partial charge on any atom is -0.497 e.